The van der Waals surface area contributed by atoms with Gasteiger partial charge in [0.05, 0.1) is 66.5 Å². The van der Waals surface area contributed by atoms with Gasteiger partial charge in [-0.05, 0) is 176 Å². The summed E-state index contributed by atoms with van der Waals surface area (Å²) in [5.41, 5.74) is -11.9. The zero-order valence-corrected chi connectivity index (χ0v) is 45.6. The molecule has 0 unspecified atom stereocenters. The number of rotatable bonds is 4. The van der Waals surface area contributed by atoms with E-state index in [1.54, 1.807) is 83.1 Å². The number of anilines is 9. The third-order valence-corrected chi connectivity index (χ3v) is 15.4. The summed E-state index contributed by atoms with van der Waals surface area (Å²) in [6.07, 6.45) is 0. The molecule has 0 N–H and O–H groups in total. The second-order valence-electron chi connectivity index (χ2n) is 24.1. The van der Waals surface area contributed by atoms with Gasteiger partial charge in [-0.2, -0.15) is 0 Å². The van der Waals surface area contributed by atoms with E-state index in [4.69, 9.17) is 4.11 Å². The van der Waals surface area contributed by atoms with Gasteiger partial charge in [-0.15, -0.1) is 11.3 Å². The Morgan fingerprint density at radius 2 is 1.03 bits per heavy atom. The second-order valence-corrected chi connectivity index (χ2v) is 25.1. The summed E-state index contributed by atoms with van der Waals surface area (Å²) in [6, 6.07) is -19.7. The summed E-state index contributed by atoms with van der Waals surface area (Å²) in [5.74, 6) is 0. The number of thiophene rings is 1. The van der Waals surface area contributed by atoms with Crippen LogP contribution in [0.15, 0.2) is 169 Å². The standard InChI is InChI=1S/C71H67BN4S/c1-42-35-60-65-61(36-42)76-62-39-46(71(11,12)13)38-54-52-37-45(70(8,9)10)25-33-57(52)75(66(54)62)58-19-16-18-56(67(58)76)72(65)55-32-30-50(41-59(55)74(60)49-31-34-64-53(40-49)51-17-14-15-20-63(51)77-64)73(47-26-21-43(22-27-47)68(2,3)4)48-28-23-44(24-29-48)69(5,6)7/h14-41H,1-13H3/i14D,15D,16D,17D,18D,19D,20D,21D,22D,23D,24D,25D,26D,27D,28D,29D,30D,31D,32D,33D,34D,35D,36D,37D,38D,39D,40D,41D. The molecule has 3 aliphatic rings. The smallest absolute Gasteiger partial charge is 0.252 e. The quantitative estimate of drug-likeness (QED) is 0.163. The maximum absolute atomic E-state index is 11.2. The maximum Gasteiger partial charge on any atom is 0.252 e. The van der Waals surface area contributed by atoms with Crippen LogP contribution >= 0.6 is 11.3 Å². The molecule has 380 valence electrons. The molecule has 0 amide bonds. The normalized spacial score (nSPS) is 19.1. The molecule has 4 nitrogen and oxygen atoms in total. The third-order valence-electron chi connectivity index (χ3n) is 14.4. The van der Waals surface area contributed by atoms with Gasteiger partial charge >= 0.3 is 0 Å². The first-order valence-electron chi connectivity index (χ1n) is 39.5. The Bertz CT molecular complexity index is 5850. The summed E-state index contributed by atoms with van der Waals surface area (Å²) in [6.45, 7) is 19.7. The number of aromatic nitrogens is 1. The largest absolute Gasteiger partial charge is 0.311 e. The van der Waals surface area contributed by atoms with Crippen LogP contribution in [-0.4, -0.2) is 11.3 Å². The maximum atomic E-state index is 11.2. The minimum atomic E-state index is -1.96. The highest BCUT2D eigenvalue weighted by molar-refractivity contribution is 7.25. The number of fused-ring (bicyclic) bond motifs is 12. The van der Waals surface area contributed by atoms with Gasteiger partial charge in [0.1, 0.15) is 0 Å². The molecule has 0 bridgehead atoms. The van der Waals surface area contributed by atoms with Crippen molar-refractivity contribution >= 4 is 128 Å². The fourth-order valence-electron chi connectivity index (χ4n) is 10.5. The van der Waals surface area contributed by atoms with Crippen LogP contribution in [0.5, 0.6) is 0 Å². The van der Waals surface area contributed by atoms with E-state index in [0.717, 1.165) is 4.90 Å². The summed E-state index contributed by atoms with van der Waals surface area (Å²) in [7, 11) is 0. The molecule has 0 spiro atoms. The Morgan fingerprint density at radius 3 is 1.69 bits per heavy atom. The van der Waals surface area contributed by atoms with E-state index in [-0.39, 0.29) is 122 Å². The van der Waals surface area contributed by atoms with Crippen LogP contribution in [0.25, 0.3) is 47.7 Å². The van der Waals surface area contributed by atoms with E-state index in [1.807, 2.05) is 0 Å². The molecule has 77 heavy (non-hydrogen) atoms. The van der Waals surface area contributed by atoms with Crippen LogP contribution in [-0.2, 0) is 21.7 Å². The highest BCUT2D eigenvalue weighted by Crippen LogP contribution is 2.54. The van der Waals surface area contributed by atoms with Crippen molar-refractivity contribution in [3.05, 3.63) is 197 Å². The van der Waals surface area contributed by atoms with Crippen molar-refractivity contribution in [1.29, 1.82) is 0 Å². The van der Waals surface area contributed by atoms with E-state index in [2.05, 4.69) is 0 Å². The van der Waals surface area contributed by atoms with Crippen LogP contribution < -0.4 is 31.1 Å². The predicted octanol–water partition coefficient (Wildman–Crippen LogP) is 18.5. The highest BCUT2D eigenvalue weighted by atomic mass is 32.1. The molecule has 3 aliphatic heterocycles. The Labute approximate surface area is 498 Å². The van der Waals surface area contributed by atoms with Crippen molar-refractivity contribution in [2.24, 2.45) is 0 Å². The van der Waals surface area contributed by atoms with Gasteiger partial charge in [0, 0.05) is 70.8 Å². The van der Waals surface area contributed by atoms with Gasteiger partial charge in [0.25, 0.3) is 6.71 Å². The molecule has 6 heteroatoms. The van der Waals surface area contributed by atoms with Gasteiger partial charge in [-0.3, -0.25) is 0 Å². The zero-order chi connectivity index (χ0) is 77.8. The van der Waals surface area contributed by atoms with Gasteiger partial charge < -0.3 is 19.3 Å². The molecule has 9 aromatic carbocycles. The van der Waals surface area contributed by atoms with Crippen molar-refractivity contribution in [2.45, 2.75) is 112 Å². The lowest BCUT2D eigenvalue weighted by Crippen LogP contribution is -2.61. The van der Waals surface area contributed by atoms with Gasteiger partial charge in [0.2, 0.25) is 0 Å². The molecule has 0 aliphatic carbocycles. The van der Waals surface area contributed by atoms with Crippen molar-refractivity contribution in [1.82, 2.24) is 4.57 Å². The Balaban J connectivity index is 1.28. The lowest BCUT2D eigenvalue weighted by Gasteiger charge is -2.46. The molecule has 0 radical (unpaired) electrons. The fourth-order valence-corrected chi connectivity index (χ4v) is 11.4. The second kappa shape index (κ2) is 16.3. The molecule has 11 aromatic rings. The number of para-hydroxylation sites is 1. The van der Waals surface area contributed by atoms with E-state index in [1.165, 1.54) is 16.4 Å². The predicted molar refractivity (Wildman–Crippen MR) is 335 cm³/mol. The first kappa shape index (κ1) is 26.7. The molecule has 14 rings (SSSR count). The molecule has 0 fully saturated rings. The summed E-state index contributed by atoms with van der Waals surface area (Å²) < 4.78 is 281. The third kappa shape index (κ3) is 7.23. The highest BCUT2D eigenvalue weighted by Gasteiger charge is 2.47. The molecule has 0 saturated heterocycles. The van der Waals surface area contributed by atoms with E-state index >= 15 is 0 Å². The number of nitrogens with zero attached hydrogens (tertiary/aromatic N) is 4. The van der Waals surface area contributed by atoms with Crippen LogP contribution in [0.1, 0.15) is 149 Å². The van der Waals surface area contributed by atoms with E-state index in [0.29, 0.717) is 16.2 Å². The minimum Gasteiger partial charge on any atom is -0.311 e. The van der Waals surface area contributed by atoms with Crippen LogP contribution in [0, 0.1) is 6.92 Å². The van der Waals surface area contributed by atoms with Gasteiger partial charge in [-0.25, -0.2) is 0 Å². The molecule has 5 heterocycles. The number of hydrogen-bond acceptors (Lipinski definition) is 4. The monoisotopic (exact) mass is 1050 g/mol. The zero-order valence-electron chi connectivity index (χ0n) is 72.8. The number of benzene rings is 9. The Morgan fingerprint density at radius 1 is 0.429 bits per heavy atom. The summed E-state index contributed by atoms with van der Waals surface area (Å²) in [4.78, 5) is 3.00. The van der Waals surface area contributed by atoms with Crippen LogP contribution in [0.3, 0.4) is 0 Å². The first-order valence-corrected chi connectivity index (χ1v) is 26.3. The number of hydrogen-bond donors (Lipinski definition) is 0. The minimum absolute atomic E-state index is 0.0240. The van der Waals surface area contributed by atoms with Crippen LogP contribution in [0.2, 0.25) is 0 Å². The van der Waals surface area contributed by atoms with Crippen molar-refractivity contribution in [2.75, 3.05) is 14.7 Å². The Hall–Kier alpha value is -7.54. The first-order chi connectivity index (χ1) is 48.4. The summed E-state index contributed by atoms with van der Waals surface area (Å²) >= 11 is 0.687. The average Bonchev–Trinajstić information content (AvgIpc) is 1.64. The van der Waals surface area contributed by atoms with Gasteiger partial charge in [0.15, 0.2) is 0 Å². The van der Waals surface area contributed by atoms with Crippen molar-refractivity contribution in [3.63, 3.8) is 0 Å². The van der Waals surface area contributed by atoms with E-state index in [9.17, 15) is 34.3 Å². The topological polar surface area (TPSA) is 14.7 Å². The Kier molecular flexibility index (Phi) is 5.63. The van der Waals surface area contributed by atoms with Crippen molar-refractivity contribution < 1.29 is 38.4 Å². The SMILES string of the molecule is [2H]c1c([2H])c2c3c(c1[2H])-n1c4c([2H])c([2H])c(C(C)(C)C)c([2H])c4c4c([2H])c(C(C)(C)C)c([2H])c(c41)N3c1c([2H])c(C)c([2H])c3c1B2c1c([2H])c([2H])c(N(c2c([2H])c([2H])c(C(C)(C)C)c([2H])c2[2H])c2c([2H])c([2H])c(C(C)(C)C)c([2H])c2[2H])c([2H])c1N3c1c([2H])c([2H])c2sc3c([2H])c([2H])c([2H])c([2H])c3c2c1[2H]. The van der Waals surface area contributed by atoms with Crippen molar-refractivity contribution in [3.8, 4) is 5.69 Å². The lowest BCUT2D eigenvalue weighted by atomic mass is 9.33. The molecule has 2 aromatic heterocycles. The van der Waals surface area contributed by atoms with Crippen LogP contribution in [0.4, 0.5) is 51.2 Å². The average molecular weight is 1050 g/mol. The molecule has 0 atom stereocenters. The molecule has 0 saturated carbocycles. The van der Waals surface area contributed by atoms with Gasteiger partial charge in [-0.1, -0.05) is 150 Å². The molecular weight excluding hydrogens is 952 g/mol. The molecular formula is C71H67BN4S. The van der Waals surface area contributed by atoms with E-state index < -0.39 is 219 Å². The lowest BCUT2D eigenvalue weighted by molar-refractivity contribution is 0.590. The fraction of sp³-hybridized carbons (Fsp3) is 0.239. The summed E-state index contributed by atoms with van der Waals surface area (Å²) in [5, 5.41) is -0.673.